The predicted octanol–water partition coefficient (Wildman–Crippen LogP) is 3.91. The van der Waals surface area contributed by atoms with Crippen LogP contribution in [0.15, 0.2) is 36.4 Å². The molecule has 3 aromatic rings. The number of benzene rings is 1. The molecule has 3 rings (SSSR count). The first-order valence-corrected chi connectivity index (χ1v) is 11.9. The van der Waals surface area contributed by atoms with Crippen molar-refractivity contribution in [3.05, 3.63) is 52.7 Å². The smallest absolute Gasteiger partial charge is 0.229 e. The average molecular weight is 469 g/mol. The van der Waals surface area contributed by atoms with Gasteiger partial charge in [-0.25, -0.2) is 0 Å². The fourth-order valence-electron chi connectivity index (χ4n) is 3.11. The number of carbonyl (C=O) groups is 2. The van der Waals surface area contributed by atoms with E-state index in [4.69, 9.17) is 0 Å². The minimum Gasteiger partial charge on any atom is -0.508 e. The molecule has 0 atom stereocenters. The molecule has 1 aromatic carbocycles. The molecule has 33 heavy (non-hydrogen) atoms. The standard InChI is InChI=1S/C23H28N6O3S/c1-2-3-10-20(31)25-23-29-28-22(33-23)11-5-4-8-17-12-13-19(27-26-17)24-21(32)15-16-7-6-9-18(30)14-16/h6-7,9,12-14,30H,2-5,8,10-11,15H2,1H3,(H,24,27,32)(H,25,29,31). The second-order valence-electron chi connectivity index (χ2n) is 7.66. The van der Waals surface area contributed by atoms with Crippen LogP contribution in [-0.2, 0) is 28.9 Å². The van der Waals surface area contributed by atoms with E-state index in [-0.39, 0.29) is 24.0 Å². The van der Waals surface area contributed by atoms with Crippen LogP contribution in [-0.4, -0.2) is 37.3 Å². The number of phenols is 1. The first-order valence-electron chi connectivity index (χ1n) is 11.0. The molecule has 0 fully saturated rings. The number of aryl methyl sites for hydroxylation is 2. The summed E-state index contributed by atoms with van der Waals surface area (Å²) in [5, 5.41) is 32.9. The molecule has 174 valence electrons. The highest BCUT2D eigenvalue weighted by Crippen LogP contribution is 2.18. The van der Waals surface area contributed by atoms with Crippen molar-refractivity contribution in [2.75, 3.05) is 10.6 Å². The number of aromatic hydroxyl groups is 1. The Kier molecular flexibility index (Phi) is 9.25. The summed E-state index contributed by atoms with van der Waals surface area (Å²) in [5.41, 5.74) is 1.57. The first kappa shape index (κ1) is 24.2. The highest BCUT2D eigenvalue weighted by atomic mass is 32.1. The third kappa shape index (κ3) is 8.57. The summed E-state index contributed by atoms with van der Waals surface area (Å²) in [7, 11) is 0. The van der Waals surface area contributed by atoms with Crippen LogP contribution in [0, 0.1) is 0 Å². The van der Waals surface area contributed by atoms with Crippen molar-refractivity contribution in [1.29, 1.82) is 0 Å². The molecule has 0 aliphatic rings. The van der Waals surface area contributed by atoms with Gasteiger partial charge in [-0.1, -0.05) is 36.8 Å². The van der Waals surface area contributed by atoms with Gasteiger partial charge < -0.3 is 15.7 Å². The Labute approximate surface area is 196 Å². The van der Waals surface area contributed by atoms with Crippen molar-refractivity contribution < 1.29 is 14.7 Å². The molecule has 0 radical (unpaired) electrons. The molecule has 0 saturated heterocycles. The molecular formula is C23H28N6O3S. The van der Waals surface area contributed by atoms with Crippen molar-refractivity contribution in [2.45, 2.75) is 58.3 Å². The van der Waals surface area contributed by atoms with Crippen LogP contribution < -0.4 is 10.6 Å². The maximum Gasteiger partial charge on any atom is 0.229 e. The van der Waals surface area contributed by atoms with Crippen LogP contribution in [0.3, 0.4) is 0 Å². The van der Waals surface area contributed by atoms with Gasteiger partial charge in [0.2, 0.25) is 16.9 Å². The van der Waals surface area contributed by atoms with E-state index in [1.807, 2.05) is 6.07 Å². The lowest BCUT2D eigenvalue weighted by Crippen LogP contribution is -2.15. The van der Waals surface area contributed by atoms with E-state index in [1.54, 1.807) is 30.3 Å². The Balaban J connectivity index is 1.36. The second kappa shape index (κ2) is 12.6. The lowest BCUT2D eigenvalue weighted by Gasteiger charge is -2.05. The molecule has 2 heterocycles. The van der Waals surface area contributed by atoms with Gasteiger partial charge in [0.1, 0.15) is 10.8 Å². The summed E-state index contributed by atoms with van der Waals surface area (Å²) >= 11 is 1.41. The summed E-state index contributed by atoms with van der Waals surface area (Å²) in [6, 6.07) is 10.2. The highest BCUT2D eigenvalue weighted by molar-refractivity contribution is 7.15. The van der Waals surface area contributed by atoms with Crippen LogP contribution in [0.25, 0.3) is 0 Å². The van der Waals surface area contributed by atoms with Crippen molar-refractivity contribution in [3.8, 4) is 5.75 Å². The number of carbonyl (C=O) groups excluding carboxylic acids is 2. The van der Waals surface area contributed by atoms with E-state index in [0.717, 1.165) is 54.8 Å². The van der Waals surface area contributed by atoms with Gasteiger partial charge in [-0.05, 0) is 55.5 Å². The number of aromatic nitrogens is 4. The van der Waals surface area contributed by atoms with Gasteiger partial charge in [-0.3, -0.25) is 9.59 Å². The predicted molar refractivity (Wildman–Crippen MR) is 127 cm³/mol. The maximum atomic E-state index is 12.1. The number of anilines is 2. The van der Waals surface area contributed by atoms with E-state index in [2.05, 4.69) is 38.0 Å². The van der Waals surface area contributed by atoms with Gasteiger partial charge in [-0.15, -0.1) is 15.3 Å². The fraction of sp³-hybridized carbons (Fsp3) is 0.391. The number of amides is 2. The Bertz CT molecular complexity index is 1050. The molecule has 0 spiro atoms. The molecule has 0 aliphatic heterocycles. The number of unbranched alkanes of at least 4 members (excludes halogenated alkanes) is 2. The van der Waals surface area contributed by atoms with Gasteiger partial charge in [0.15, 0.2) is 5.82 Å². The van der Waals surface area contributed by atoms with Crippen LogP contribution >= 0.6 is 11.3 Å². The molecule has 0 unspecified atom stereocenters. The Morgan fingerprint density at radius 1 is 0.939 bits per heavy atom. The summed E-state index contributed by atoms with van der Waals surface area (Å²) in [6.45, 7) is 2.05. The van der Waals surface area contributed by atoms with Crippen LogP contribution in [0.1, 0.15) is 55.3 Å². The average Bonchev–Trinajstić information content (AvgIpc) is 3.23. The van der Waals surface area contributed by atoms with E-state index >= 15 is 0 Å². The lowest BCUT2D eigenvalue weighted by molar-refractivity contribution is -0.116. The summed E-state index contributed by atoms with van der Waals surface area (Å²) < 4.78 is 0. The van der Waals surface area contributed by atoms with E-state index < -0.39 is 0 Å². The summed E-state index contributed by atoms with van der Waals surface area (Å²) in [5.74, 6) is 0.286. The summed E-state index contributed by atoms with van der Waals surface area (Å²) in [6.07, 6.45) is 5.89. The van der Waals surface area contributed by atoms with Crippen molar-refractivity contribution >= 4 is 34.1 Å². The zero-order chi connectivity index (χ0) is 23.5. The Morgan fingerprint density at radius 2 is 1.79 bits per heavy atom. The fourth-order valence-corrected chi connectivity index (χ4v) is 3.90. The van der Waals surface area contributed by atoms with Crippen molar-refractivity contribution in [1.82, 2.24) is 20.4 Å². The molecule has 3 N–H and O–H groups in total. The quantitative estimate of drug-likeness (QED) is 0.344. The van der Waals surface area contributed by atoms with E-state index in [1.165, 1.54) is 11.3 Å². The molecular weight excluding hydrogens is 440 g/mol. The topological polar surface area (TPSA) is 130 Å². The van der Waals surface area contributed by atoms with E-state index in [9.17, 15) is 14.7 Å². The highest BCUT2D eigenvalue weighted by Gasteiger charge is 2.09. The van der Waals surface area contributed by atoms with Gasteiger partial charge in [-0.2, -0.15) is 5.10 Å². The number of nitrogens with one attached hydrogen (secondary N) is 2. The molecule has 9 nitrogen and oxygen atoms in total. The Hall–Kier alpha value is -3.40. The zero-order valence-corrected chi connectivity index (χ0v) is 19.4. The normalized spacial score (nSPS) is 10.7. The van der Waals surface area contributed by atoms with Crippen molar-refractivity contribution in [2.24, 2.45) is 0 Å². The minimum absolute atomic E-state index is 0.0166. The van der Waals surface area contributed by atoms with Gasteiger partial charge in [0, 0.05) is 12.8 Å². The Morgan fingerprint density at radius 3 is 2.55 bits per heavy atom. The van der Waals surface area contributed by atoms with Crippen LogP contribution in [0.4, 0.5) is 10.9 Å². The molecule has 0 bridgehead atoms. The SMILES string of the molecule is CCCCC(=O)Nc1nnc(CCCCc2ccc(NC(=O)Cc3cccc(O)c3)nn2)s1. The first-order chi connectivity index (χ1) is 16.0. The number of phenolic OH excluding ortho intramolecular Hbond substituents is 1. The zero-order valence-electron chi connectivity index (χ0n) is 18.6. The largest absolute Gasteiger partial charge is 0.508 e. The van der Waals surface area contributed by atoms with Crippen LogP contribution in [0.5, 0.6) is 5.75 Å². The lowest BCUT2D eigenvalue weighted by atomic mass is 10.1. The monoisotopic (exact) mass is 468 g/mol. The third-order valence-electron chi connectivity index (χ3n) is 4.81. The number of nitrogens with zero attached hydrogens (tertiary/aromatic N) is 4. The molecule has 0 saturated carbocycles. The van der Waals surface area contributed by atoms with Crippen LogP contribution in [0.2, 0.25) is 0 Å². The number of hydrogen-bond donors (Lipinski definition) is 3. The van der Waals surface area contributed by atoms with E-state index in [0.29, 0.717) is 17.4 Å². The van der Waals surface area contributed by atoms with Gasteiger partial charge in [0.25, 0.3) is 0 Å². The molecule has 10 heteroatoms. The minimum atomic E-state index is -0.222. The van der Waals surface area contributed by atoms with Gasteiger partial charge in [0.05, 0.1) is 12.1 Å². The molecule has 2 amide bonds. The maximum absolute atomic E-state index is 12.1. The van der Waals surface area contributed by atoms with Crippen molar-refractivity contribution in [3.63, 3.8) is 0 Å². The summed E-state index contributed by atoms with van der Waals surface area (Å²) in [4.78, 5) is 23.9. The second-order valence-corrected chi connectivity index (χ2v) is 8.73. The molecule has 2 aromatic heterocycles. The number of hydrogen-bond acceptors (Lipinski definition) is 8. The van der Waals surface area contributed by atoms with Gasteiger partial charge >= 0.3 is 0 Å². The third-order valence-corrected chi connectivity index (χ3v) is 5.71. The molecule has 0 aliphatic carbocycles. The number of rotatable bonds is 12.